The van der Waals surface area contributed by atoms with E-state index in [2.05, 4.69) is 26.2 Å². The molecule has 1 heterocycles. The molecule has 10 nitrogen and oxygen atoms in total. The molecular weight excluding hydrogens is 292 g/mol. The number of urea groups is 1. The minimum Gasteiger partial charge on any atom is -0.454 e. The lowest BCUT2D eigenvalue weighted by molar-refractivity contribution is -0.149. The van der Waals surface area contributed by atoms with E-state index in [0.717, 1.165) is 30.4 Å². The smallest absolute Gasteiger partial charge is 0.328 e. The van der Waals surface area contributed by atoms with Gasteiger partial charge in [0.25, 0.3) is 5.91 Å². The van der Waals surface area contributed by atoms with Crippen molar-refractivity contribution in [3.8, 4) is 0 Å². The number of ether oxygens (including phenoxy) is 1. The normalized spacial score (nSPS) is 15.1. The van der Waals surface area contributed by atoms with E-state index in [-0.39, 0.29) is 12.6 Å². The van der Waals surface area contributed by atoms with Crippen LogP contribution in [0, 0.1) is 0 Å². The molecule has 0 aliphatic heterocycles. The van der Waals surface area contributed by atoms with Crippen LogP contribution in [0.2, 0.25) is 0 Å². The molecule has 120 valence electrons. The van der Waals surface area contributed by atoms with Crippen molar-refractivity contribution in [1.82, 2.24) is 30.8 Å². The molecule has 1 aromatic heterocycles. The maximum absolute atomic E-state index is 11.6. The van der Waals surface area contributed by atoms with Crippen molar-refractivity contribution in [2.24, 2.45) is 0 Å². The molecule has 3 amide bonds. The van der Waals surface area contributed by atoms with Gasteiger partial charge >= 0.3 is 12.0 Å². The van der Waals surface area contributed by atoms with Gasteiger partial charge in [0.15, 0.2) is 6.61 Å². The average Bonchev–Trinajstić information content (AvgIpc) is 2.99. The lowest BCUT2D eigenvalue weighted by Gasteiger charge is -2.22. The Morgan fingerprint density at radius 3 is 2.68 bits per heavy atom. The van der Waals surface area contributed by atoms with Crippen molar-refractivity contribution in [2.45, 2.75) is 44.7 Å². The average molecular weight is 310 g/mol. The minimum absolute atomic E-state index is 0.101. The Kier molecular flexibility index (Phi) is 5.81. The molecule has 22 heavy (non-hydrogen) atoms. The first-order chi connectivity index (χ1) is 10.6. The van der Waals surface area contributed by atoms with Gasteiger partial charge in [-0.25, -0.2) is 9.48 Å². The van der Waals surface area contributed by atoms with Gasteiger partial charge in [-0.05, 0) is 23.3 Å². The summed E-state index contributed by atoms with van der Waals surface area (Å²) in [5.41, 5.74) is 0. The fourth-order valence-corrected chi connectivity index (χ4v) is 2.21. The first-order valence-corrected chi connectivity index (χ1v) is 7.10. The number of tetrazole rings is 1. The number of imide groups is 1. The zero-order chi connectivity index (χ0) is 15.8. The number of aromatic nitrogens is 4. The van der Waals surface area contributed by atoms with Crippen LogP contribution in [-0.2, 0) is 20.9 Å². The van der Waals surface area contributed by atoms with Gasteiger partial charge in [-0.2, -0.15) is 0 Å². The standard InChI is InChI=1S/C12H18N6O4/c19-10(7-22-11(20)6-18-8-13-16-17-18)15-12(21)14-9-4-2-1-3-5-9/h8-9H,1-7H2,(H2,14,15,19,21). The Hall–Kier alpha value is -2.52. The molecule has 0 saturated heterocycles. The highest BCUT2D eigenvalue weighted by atomic mass is 16.5. The third kappa shape index (κ3) is 5.46. The molecule has 0 bridgehead atoms. The Balaban J connectivity index is 1.62. The molecule has 2 N–H and O–H groups in total. The Morgan fingerprint density at radius 2 is 2.00 bits per heavy atom. The van der Waals surface area contributed by atoms with Crippen LogP contribution < -0.4 is 10.6 Å². The van der Waals surface area contributed by atoms with Crippen molar-refractivity contribution in [1.29, 1.82) is 0 Å². The quantitative estimate of drug-likeness (QED) is 0.693. The van der Waals surface area contributed by atoms with Crippen LogP contribution in [0.3, 0.4) is 0 Å². The third-order valence-corrected chi connectivity index (χ3v) is 3.24. The van der Waals surface area contributed by atoms with Crippen LogP contribution in [-0.4, -0.2) is 50.8 Å². The SMILES string of the molecule is O=C(COC(=O)Cn1cnnn1)NC(=O)NC1CCCCC1. The molecule has 1 saturated carbocycles. The number of hydrogen-bond donors (Lipinski definition) is 2. The second-order valence-electron chi connectivity index (χ2n) is 5.02. The van der Waals surface area contributed by atoms with E-state index in [1.807, 2.05) is 0 Å². The van der Waals surface area contributed by atoms with Crippen molar-refractivity contribution in [3.05, 3.63) is 6.33 Å². The van der Waals surface area contributed by atoms with E-state index in [0.29, 0.717) is 0 Å². The highest BCUT2D eigenvalue weighted by Crippen LogP contribution is 2.16. The Morgan fingerprint density at radius 1 is 1.23 bits per heavy atom. The molecule has 0 radical (unpaired) electrons. The minimum atomic E-state index is -0.682. The molecule has 1 aliphatic carbocycles. The lowest BCUT2D eigenvalue weighted by atomic mass is 9.96. The third-order valence-electron chi connectivity index (χ3n) is 3.24. The highest BCUT2D eigenvalue weighted by molar-refractivity contribution is 5.95. The number of hydrogen-bond acceptors (Lipinski definition) is 7. The summed E-state index contributed by atoms with van der Waals surface area (Å²) in [6.45, 7) is -0.729. The predicted molar refractivity (Wildman–Crippen MR) is 72.3 cm³/mol. The molecular formula is C12H18N6O4. The van der Waals surface area contributed by atoms with Crippen LogP contribution in [0.15, 0.2) is 6.33 Å². The van der Waals surface area contributed by atoms with E-state index in [1.165, 1.54) is 12.7 Å². The summed E-state index contributed by atoms with van der Waals surface area (Å²) in [6.07, 6.45) is 6.42. The molecule has 1 aromatic rings. The van der Waals surface area contributed by atoms with Crippen LogP contribution in [0.25, 0.3) is 0 Å². The number of nitrogens with zero attached hydrogens (tertiary/aromatic N) is 4. The summed E-state index contributed by atoms with van der Waals surface area (Å²) in [7, 11) is 0. The summed E-state index contributed by atoms with van der Waals surface area (Å²) in [6, 6.07) is -0.461. The summed E-state index contributed by atoms with van der Waals surface area (Å²) >= 11 is 0. The lowest BCUT2D eigenvalue weighted by Crippen LogP contribution is -2.46. The van der Waals surface area contributed by atoms with E-state index in [4.69, 9.17) is 4.74 Å². The number of nitrogens with one attached hydrogen (secondary N) is 2. The van der Waals surface area contributed by atoms with Gasteiger partial charge in [0.2, 0.25) is 0 Å². The van der Waals surface area contributed by atoms with E-state index < -0.39 is 24.5 Å². The summed E-state index contributed by atoms with van der Waals surface area (Å²) < 4.78 is 5.88. The Labute approximate surface area is 126 Å². The zero-order valence-corrected chi connectivity index (χ0v) is 12.0. The van der Waals surface area contributed by atoms with Gasteiger partial charge in [-0.3, -0.25) is 14.9 Å². The topological polar surface area (TPSA) is 128 Å². The zero-order valence-electron chi connectivity index (χ0n) is 12.0. The van der Waals surface area contributed by atoms with Crippen molar-refractivity contribution < 1.29 is 19.1 Å². The summed E-state index contributed by atoms with van der Waals surface area (Å²) in [4.78, 5) is 34.5. The number of amides is 3. The van der Waals surface area contributed by atoms with Crippen LogP contribution in [0.1, 0.15) is 32.1 Å². The molecule has 0 aromatic carbocycles. The van der Waals surface area contributed by atoms with Crippen LogP contribution in [0.5, 0.6) is 0 Å². The van der Waals surface area contributed by atoms with Gasteiger partial charge in [-0.15, -0.1) is 5.10 Å². The second kappa shape index (κ2) is 8.05. The molecule has 2 rings (SSSR count). The van der Waals surface area contributed by atoms with E-state index in [9.17, 15) is 14.4 Å². The number of carbonyl (C=O) groups excluding carboxylic acids is 3. The predicted octanol–water partition coefficient (Wildman–Crippen LogP) is -0.625. The number of rotatable bonds is 5. The largest absolute Gasteiger partial charge is 0.454 e. The highest BCUT2D eigenvalue weighted by Gasteiger charge is 2.17. The maximum atomic E-state index is 11.6. The summed E-state index contributed by atoms with van der Waals surface area (Å²) in [5.74, 6) is -1.35. The van der Waals surface area contributed by atoms with Crippen LogP contribution >= 0.6 is 0 Å². The van der Waals surface area contributed by atoms with E-state index in [1.54, 1.807) is 0 Å². The molecule has 1 aliphatic rings. The Bertz CT molecular complexity index is 512. The monoisotopic (exact) mass is 310 g/mol. The fourth-order valence-electron chi connectivity index (χ4n) is 2.21. The molecule has 1 fully saturated rings. The summed E-state index contributed by atoms with van der Waals surface area (Å²) in [5, 5.41) is 15.1. The molecule has 0 atom stereocenters. The van der Waals surface area contributed by atoms with Gasteiger partial charge in [0.05, 0.1) is 0 Å². The van der Waals surface area contributed by atoms with Gasteiger partial charge in [-0.1, -0.05) is 19.3 Å². The fraction of sp³-hybridized carbons (Fsp3) is 0.667. The first kappa shape index (κ1) is 15.9. The first-order valence-electron chi connectivity index (χ1n) is 7.10. The maximum Gasteiger partial charge on any atom is 0.328 e. The van der Waals surface area contributed by atoms with Gasteiger partial charge in [0, 0.05) is 6.04 Å². The molecule has 0 unspecified atom stereocenters. The van der Waals surface area contributed by atoms with E-state index >= 15 is 0 Å². The van der Waals surface area contributed by atoms with Crippen molar-refractivity contribution >= 4 is 17.9 Å². The number of esters is 1. The molecule has 10 heteroatoms. The van der Waals surface area contributed by atoms with Gasteiger partial charge in [0.1, 0.15) is 12.9 Å². The van der Waals surface area contributed by atoms with Crippen molar-refractivity contribution in [3.63, 3.8) is 0 Å². The van der Waals surface area contributed by atoms with Gasteiger partial charge < -0.3 is 10.1 Å². The second-order valence-corrected chi connectivity index (χ2v) is 5.02. The van der Waals surface area contributed by atoms with Crippen LogP contribution in [0.4, 0.5) is 4.79 Å². The molecule has 0 spiro atoms. The number of carbonyl (C=O) groups is 3. The van der Waals surface area contributed by atoms with Crippen molar-refractivity contribution in [2.75, 3.05) is 6.61 Å².